The van der Waals surface area contributed by atoms with Crippen molar-refractivity contribution >= 4 is 17.8 Å². The number of hydrogen-bond donors (Lipinski definition) is 2. The molecule has 3 aromatic rings. The van der Waals surface area contributed by atoms with E-state index in [1.807, 2.05) is 0 Å². The van der Waals surface area contributed by atoms with E-state index in [0.29, 0.717) is 35.6 Å². The zero-order valence-electron chi connectivity index (χ0n) is 20.2. The van der Waals surface area contributed by atoms with Gasteiger partial charge in [0, 0.05) is 44.5 Å². The molecule has 0 radical (unpaired) electrons. The van der Waals surface area contributed by atoms with Crippen LogP contribution < -0.4 is 20.7 Å². The minimum absolute atomic E-state index is 0.00662. The van der Waals surface area contributed by atoms with Crippen LogP contribution in [0.2, 0.25) is 0 Å². The summed E-state index contributed by atoms with van der Waals surface area (Å²) in [5.41, 5.74) is 4.83. The molecule has 0 aliphatic carbocycles. The molecule has 3 heterocycles. The first kappa shape index (κ1) is 25.9. The average molecular weight is 516 g/mol. The van der Waals surface area contributed by atoms with Crippen molar-refractivity contribution in [1.29, 1.82) is 0 Å². The molecule has 0 saturated carbocycles. The van der Waals surface area contributed by atoms with E-state index >= 15 is 0 Å². The summed E-state index contributed by atoms with van der Waals surface area (Å²) >= 11 is 0. The molecule has 196 valence electrons. The standard InChI is InChI=1S/C24H27F2N7O4/c1-14-31-22(32-37-14)16-11-29-24(30-12-16)33-6-4-15(5-7-33)3-2-8-36-17-9-18(25)21(19(26)10-17)23(35)28-13-20(27)34/h9-12,15H,2-8,13H2,1H3,(H2,27,34)(H,28,35). The van der Waals surface area contributed by atoms with Crippen molar-refractivity contribution in [2.75, 3.05) is 31.1 Å². The number of nitrogens with zero attached hydrogens (tertiary/aromatic N) is 5. The maximum Gasteiger partial charge on any atom is 0.257 e. The fourth-order valence-corrected chi connectivity index (χ4v) is 4.11. The van der Waals surface area contributed by atoms with Crippen molar-refractivity contribution in [2.45, 2.75) is 32.6 Å². The number of hydrogen-bond acceptors (Lipinski definition) is 9. The van der Waals surface area contributed by atoms with Gasteiger partial charge < -0.3 is 25.2 Å². The number of aryl methyl sites for hydroxylation is 1. The first-order valence-electron chi connectivity index (χ1n) is 11.9. The van der Waals surface area contributed by atoms with Gasteiger partial charge in [-0.15, -0.1) is 0 Å². The topological polar surface area (TPSA) is 149 Å². The molecule has 13 heteroatoms. The molecule has 2 amide bonds. The fraction of sp³-hybridized carbons (Fsp3) is 0.417. The second-order valence-electron chi connectivity index (χ2n) is 8.74. The number of piperidine rings is 1. The summed E-state index contributed by atoms with van der Waals surface area (Å²) in [6, 6.07) is 1.90. The highest BCUT2D eigenvalue weighted by molar-refractivity contribution is 5.96. The van der Waals surface area contributed by atoms with E-state index in [-0.39, 0.29) is 12.4 Å². The van der Waals surface area contributed by atoms with E-state index in [4.69, 9.17) is 15.0 Å². The SMILES string of the molecule is Cc1nc(-c2cnc(N3CCC(CCCOc4cc(F)c(C(=O)NCC(N)=O)c(F)c4)CC3)nc2)no1. The third kappa shape index (κ3) is 6.74. The fourth-order valence-electron chi connectivity index (χ4n) is 4.11. The van der Waals surface area contributed by atoms with Gasteiger partial charge in [-0.05, 0) is 31.6 Å². The summed E-state index contributed by atoms with van der Waals surface area (Å²) < 4.78 is 39.0. The minimum atomic E-state index is -1.08. The van der Waals surface area contributed by atoms with Crippen LogP contribution in [0.1, 0.15) is 41.9 Å². The monoisotopic (exact) mass is 515 g/mol. The number of amides is 2. The van der Waals surface area contributed by atoms with Crippen LogP contribution in [0.4, 0.5) is 14.7 Å². The number of rotatable bonds is 10. The van der Waals surface area contributed by atoms with E-state index in [0.717, 1.165) is 44.5 Å². The molecule has 1 aromatic carbocycles. The number of carbonyl (C=O) groups excluding carboxylic acids is 2. The molecule has 0 spiro atoms. The Kier molecular flexibility index (Phi) is 8.21. The van der Waals surface area contributed by atoms with Crippen LogP contribution in [-0.4, -0.2) is 58.2 Å². The molecule has 0 unspecified atom stereocenters. The Balaban J connectivity index is 1.19. The Labute approximate surface area is 211 Å². The highest BCUT2D eigenvalue weighted by atomic mass is 19.1. The number of anilines is 1. The molecule has 4 rings (SSSR count). The molecule has 0 bridgehead atoms. The number of ether oxygens (including phenoxy) is 1. The summed E-state index contributed by atoms with van der Waals surface area (Å²) in [7, 11) is 0. The van der Waals surface area contributed by atoms with Crippen molar-refractivity contribution in [3.63, 3.8) is 0 Å². The van der Waals surface area contributed by atoms with Crippen molar-refractivity contribution < 1.29 is 27.6 Å². The lowest BCUT2D eigenvalue weighted by Gasteiger charge is -2.32. The maximum atomic E-state index is 14.2. The molecule has 37 heavy (non-hydrogen) atoms. The largest absolute Gasteiger partial charge is 0.493 e. The third-order valence-corrected chi connectivity index (χ3v) is 6.01. The van der Waals surface area contributed by atoms with Crippen molar-refractivity contribution in [1.82, 2.24) is 25.4 Å². The molecule has 11 nitrogen and oxygen atoms in total. The van der Waals surface area contributed by atoms with E-state index in [1.54, 1.807) is 19.3 Å². The quantitative estimate of drug-likeness (QED) is 0.388. The molecular weight excluding hydrogens is 488 g/mol. The second kappa shape index (κ2) is 11.7. The highest BCUT2D eigenvalue weighted by Gasteiger charge is 2.22. The molecule has 1 aliphatic heterocycles. The molecule has 2 aromatic heterocycles. The molecule has 1 aliphatic rings. The van der Waals surface area contributed by atoms with Crippen LogP contribution >= 0.6 is 0 Å². The lowest BCUT2D eigenvalue weighted by Crippen LogP contribution is -2.34. The van der Waals surface area contributed by atoms with E-state index in [1.165, 1.54) is 0 Å². The Morgan fingerprint density at radius 1 is 1.19 bits per heavy atom. The Bertz CT molecular complexity index is 1220. The van der Waals surface area contributed by atoms with Crippen LogP contribution in [-0.2, 0) is 4.79 Å². The molecule has 1 saturated heterocycles. The number of benzene rings is 1. The lowest BCUT2D eigenvalue weighted by molar-refractivity contribution is -0.117. The number of carbonyl (C=O) groups is 2. The van der Waals surface area contributed by atoms with Gasteiger partial charge in [0.1, 0.15) is 22.9 Å². The predicted molar refractivity (Wildman–Crippen MR) is 128 cm³/mol. The highest BCUT2D eigenvalue weighted by Crippen LogP contribution is 2.26. The Morgan fingerprint density at radius 3 is 2.46 bits per heavy atom. The number of primary amides is 1. The average Bonchev–Trinajstić information content (AvgIpc) is 3.32. The number of nitrogens with one attached hydrogen (secondary N) is 1. The Morgan fingerprint density at radius 2 is 1.86 bits per heavy atom. The first-order chi connectivity index (χ1) is 17.8. The van der Waals surface area contributed by atoms with Gasteiger partial charge in [0.15, 0.2) is 0 Å². The van der Waals surface area contributed by atoms with Gasteiger partial charge in [-0.1, -0.05) is 5.16 Å². The Hall–Kier alpha value is -4.16. The van der Waals surface area contributed by atoms with Crippen LogP contribution in [0.5, 0.6) is 5.75 Å². The zero-order chi connectivity index (χ0) is 26.4. The van der Waals surface area contributed by atoms with Gasteiger partial charge in [-0.3, -0.25) is 9.59 Å². The van der Waals surface area contributed by atoms with Crippen LogP contribution in [0, 0.1) is 24.5 Å². The van der Waals surface area contributed by atoms with Gasteiger partial charge in [0.2, 0.25) is 23.6 Å². The molecule has 1 fully saturated rings. The number of aromatic nitrogens is 4. The summed E-state index contributed by atoms with van der Waals surface area (Å²) in [5, 5.41) is 5.92. The maximum absolute atomic E-state index is 14.2. The summed E-state index contributed by atoms with van der Waals surface area (Å²) in [6.45, 7) is 3.13. The molecule has 0 atom stereocenters. The van der Waals surface area contributed by atoms with E-state index in [9.17, 15) is 18.4 Å². The minimum Gasteiger partial charge on any atom is -0.493 e. The van der Waals surface area contributed by atoms with E-state index in [2.05, 4.69) is 30.3 Å². The summed E-state index contributed by atoms with van der Waals surface area (Å²) in [4.78, 5) is 37.8. The summed E-state index contributed by atoms with van der Waals surface area (Å²) in [5.74, 6) is -1.96. The van der Waals surface area contributed by atoms with Crippen LogP contribution in [0.25, 0.3) is 11.4 Å². The third-order valence-electron chi connectivity index (χ3n) is 6.01. The van der Waals surface area contributed by atoms with Crippen LogP contribution in [0.3, 0.4) is 0 Å². The van der Waals surface area contributed by atoms with E-state index < -0.39 is 35.6 Å². The first-order valence-corrected chi connectivity index (χ1v) is 11.9. The smallest absolute Gasteiger partial charge is 0.257 e. The van der Waals surface area contributed by atoms with Gasteiger partial charge >= 0.3 is 0 Å². The molecular formula is C24H27F2N7O4. The van der Waals surface area contributed by atoms with Gasteiger partial charge in [0.05, 0.1) is 18.7 Å². The van der Waals surface area contributed by atoms with Crippen LogP contribution in [0.15, 0.2) is 29.0 Å². The summed E-state index contributed by atoms with van der Waals surface area (Å²) in [6.07, 6.45) is 6.91. The van der Waals surface area contributed by atoms with Gasteiger partial charge in [0.25, 0.3) is 5.91 Å². The predicted octanol–water partition coefficient (Wildman–Crippen LogP) is 2.40. The lowest BCUT2D eigenvalue weighted by atomic mass is 9.92. The number of nitrogens with two attached hydrogens (primary N) is 1. The molecule has 3 N–H and O–H groups in total. The number of halogens is 2. The van der Waals surface area contributed by atoms with Gasteiger partial charge in [-0.2, -0.15) is 4.98 Å². The normalized spacial score (nSPS) is 14.0. The zero-order valence-corrected chi connectivity index (χ0v) is 20.2. The van der Waals surface area contributed by atoms with Crippen molar-refractivity contribution in [3.8, 4) is 17.1 Å². The van der Waals surface area contributed by atoms with Crippen molar-refractivity contribution in [3.05, 3.63) is 47.6 Å². The van der Waals surface area contributed by atoms with Gasteiger partial charge in [-0.25, -0.2) is 18.7 Å². The second-order valence-corrected chi connectivity index (χ2v) is 8.74. The van der Waals surface area contributed by atoms with Crippen molar-refractivity contribution in [2.24, 2.45) is 11.7 Å².